The molecule has 0 spiro atoms. The highest BCUT2D eigenvalue weighted by molar-refractivity contribution is 5.09. The summed E-state index contributed by atoms with van der Waals surface area (Å²) in [5, 5.41) is 0. The van der Waals surface area contributed by atoms with Gasteiger partial charge in [-0.3, -0.25) is 0 Å². The van der Waals surface area contributed by atoms with E-state index in [0.717, 1.165) is 35.5 Å². The molecule has 0 aromatic carbocycles. The molecule has 25 heavy (non-hydrogen) atoms. The van der Waals surface area contributed by atoms with Crippen LogP contribution in [-0.4, -0.2) is 0 Å². The lowest BCUT2D eigenvalue weighted by molar-refractivity contribution is -0.118. The van der Waals surface area contributed by atoms with Gasteiger partial charge in [-0.15, -0.1) is 0 Å². The molecule has 4 aliphatic rings. The van der Waals surface area contributed by atoms with E-state index in [2.05, 4.69) is 27.7 Å². The van der Waals surface area contributed by atoms with Crippen molar-refractivity contribution in [3.8, 4) is 0 Å². The Kier molecular flexibility index (Phi) is 5.04. The zero-order valence-electron chi connectivity index (χ0n) is 17.7. The van der Waals surface area contributed by atoms with Gasteiger partial charge in [0.2, 0.25) is 0 Å². The fraction of sp³-hybridized carbons (Fsp3) is 1.00. The van der Waals surface area contributed by atoms with Gasteiger partial charge in [-0.2, -0.15) is 0 Å². The van der Waals surface area contributed by atoms with Gasteiger partial charge >= 0.3 is 0 Å². The van der Waals surface area contributed by atoms with E-state index >= 15 is 0 Å². The van der Waals surface area contributed by atoms with Crippen molar-refractivity contribution in [2.45, 2.75) is 111 Å². The molecular weight excluding hydrogens is 300 g/mol. The quantitative estimate of drug-likeness (QED) is 0.487. The summed E-state index contributed by atoms with van der Waals surface area (Å²) in [5.41, 5.74) is 1.41. The second kappa shape index (κ2) is 6.87. The van der Waals surface area contributed by atoms with Crippen molar-refractivity contribution in [3.05, 3.63) is 0 Å². The van der Waals surface area contributed by atoms with E-state index in [1.54, 1.807) is 51.4 Å². The molecular formula is C25H44. The Morgan fingerprint density at radius 2 is 1.56 bits per heavy atom. The zero-order valence-corrected chi connectivity index (χ0v) is 17.7. The smallest absolute Gasteiger partial charge is 0.0266 e. The largest absolute Gasteiger partial charge is 0.0654 e. The molecule has 0 aromatic rings. The van der Waals surface area contributed by atoms with Gasteiger partial charge in [-0.05, 0) is 111 Å². The molecule has 0 amide bonds. The Morgan fingerprint density at radius 1 is 0.800 bits per heavy atom. The zero-order chi connectivity index (χ0) is 17.7. The maximum atomic E-state index is 2.74. The third-order valence-electron chi connectivity index (χ3n) is 10.5. The first-order valence-electron chi connectivity index (χ1n) is 12.0. The summed E-state index contributed by atoms with van der Waals surface area (Å²) in [4.78, 5) is 0. The molecule has 4 saturated carbocycles. The Balaban J connectivity index is 1.52. The standard InChI is InChI=1S/C25H44/c1-5-7-8-19-10-12-22-21-11-9-20-17-18(6-2)13-15-25(20,4)23(21)14-16-24(19,22)3/h18-23H,5-17H2,1-4H3/t18-,19?,20?,21?,22?,23?,24?,25?/m0/s1. The molecule has 0 heteroatoms. The molecule has 0 bridgehead atoms. The van der Waals surface area contributed by atoms with Crippen molar-refractivity contribution in [1.29, 1.82) is 0 Å². The van der Waals surface area contributed by atoms with Gasteiger partial charge in [-0.25, -0.2) is 0 Å². The summed E-state index contributed by atoms with van der Waals surface area (Å²) in [6, 6.07) is 0. The Bertz CT molecular complexity index is 467. The molecule has 7 unspecified atom stereocenters. The minimum atomic E-state index is 0.706. The maximum Gasteiger partial charge on any atom is -0.0266 e. The molecule has 0 nitrogen and oxygen atoms in total. The fourth-order valence-corrected chi connectivity index (χ4v) is 8.75. The average molecular weight is 345 g/mol. The van der Waals surface area contributed by atoms with E-state index in [9.17, 15) is 0 Å². The highest BCUT2D eigenvalue weighted by atomic mass is 14.6. The lowest BCUT2D eigenvalue weighted by Gasteiger charge is -2.61. The lowest BCUT2D eigenvalue weighted by atomic mass is 9.44. The first kappa shape index (κ1) is 18.4. The van der Waals surface area contributed by atoms with Crippen molar-refractivity contribution >= 4 is 0 Å². The van der Waals surface area contributed by atoms with Gasteiger partial charge in [0.05, 0.1) is 0 Å². The van der Waals surface area contributed by atoms with Crippen LogP contribution in [0.4, 0.5) is 0 Å². The van der Waals surface area contributed by atoms with Crippen LogP contribution in [0.3, 0.4) is 0 Å². The molecule has 0 heterocycles. The van der Waals surface area contributed by atoms with E-state index in [1.165, 1.54) is 32.1 Å². The van der Waals surface area contributed by atoms with Gasteiger partial charge in [0.1, 0.15) is 0 Å². The highest BCUT2D eigenvalue weighted by Gasteiger charge is 2.59. The number of rotatable bonds is 4. The number of hydrogen-bond acceptors (Lipinski definition) is 0. The van der Waals surface area contributed by atoms with Crippen molar-refractivity contribution in [2.75, 3.05) is 0 Å². The molecule has 0 saturated heterocycles. The summed E-state index contributed by atoms with van der Waals surface area (Å²) >= 11 is 0. The molecule has 0 aromatic heterocycles. The van der Waals surface area contributed by atoms with Crippen molar-refractivity contribution < 1.29 is 0 Å². The molecule has 0 aliphatic heterocycles. The first-order valence-corrected chi connectivity index (χ1v) is 12.0. The number of unbranched alkanes of at least 4 members (excludes halogenated alkanes) is 1. The van der Waals surface area contributed by atoms with Crippen LogP contribution in [0.5, 0.6) is 0 Å². The second-order valence-corrected chi connectivity index (χ2v) is 11.2. The fourth-order valence-electron chi connectivity index (χ4n) is 8.75. The summed E-state index contributed by atoms with van der Waals surface area (Å²) in [6.07, 6.45) is 19.9. The van der Waals surface area contributed by atoms with Crippen LogP contribution >= 0.6 is 0 Å². The van der Waals surface area contributed by atoms with E-state index < -0.39 is 0 Å². The second-order valence-electron chi connectivity index (χ2n) is 11.2. The number of hydrogen-bond donors (Lipinski definition) is 0. The van der Waals surface area contributed by atoms with Gasteiger partial charge in [0, 0.05) is 0 Å². The maximum absolute atomic E-state index is 2.74. The van der Waals surface area contributed by atoms with Gasteiger partial charge in [-0.1, -0.05) is 47.0 Å². The van der Waals surface area contributed by atoms with Gasteiger partial charge in [0.15, 0.2) is 0 Å². The van der Waals surface area contributed by atoms with Crippen LogP contribution in [0.1, 0.15) is 111 Å². The summed E-state index contributed by atoms with van der Waals surface area (Å²) in [6.45, 7) is 10.3. The van der Waals surface area contributed by atoms with Gasteiger partial charge in [0.25, 0.3) is 0 Å². The minimum Gasteiger partial charge on any atom is -0.0654 e. The van der Waals surface area contributed by atoms with Crippen LogP contribution in [-0.2, 0) is 0 Å². The molecule has 0 N–H and O–H groups in total. The van der Waals surface area contributed by atoms with Gasteiger partial charge < -0.3 is 0 Å². The predicted molar refractivity (Wildman–Crippen MR) is 109 cm³/mol. The van der Waals surface area contributed by atoms with Crippen LogP contribution in [0.15, 0.2) is 0 Å². The van der Waals surface area contributed by atoms with Crippen molar-refractivity contribution in [3.63, 3.8) is 0 Å². The van der Waals surface area contributed by atoms with E-state index in [-0.39, 0.29) is 0 Å². The van der Waals surface area contributed by atoms with Crippen molar-refractivity contribution in [1.82, 2.24) is 0 Å². The number of fused-ring (bicyclic) bond motifs is 5. The van der Waals surface area contributed by atoms with E-state index in [0.29, 0.717) is 10.8 Å². The molecule has 8 atom stereocenters. The molecule has 4 fully saturated rings. The van der Waals surface area contributed by atoms with Crippen LogP contribution in [0.25, 0.3) is 0 Å². The van der Waals surface area contributed by atoms with E-state index in [1.807, 2.05) is 0 Å². The summed E-state index contributed by atoms with van der Waals surface area (Å²) in [5.74, 6) is 6.41. The average Bonchev–Trinajstić information content (AvgIpc) is 2.95. The topological polar surface area (TPSA) is 0 Å². The summed E-state index contributed by atoms with van der Waals surface area (Å²) < 4.78 is 0. The van der Waals surface area contributed by atoms with E-state index in [4.69, 9.17) is 0 Å². The Morgan fingerprint density at radius 3 is 2.32 bits per heavy atom. The van der Waals surface area contributed by atoms with Crippen molar-refractivity contribution in [2.24, 2.45) is 46.3 Å². The first-order chi connectivity index (χ1) is 12.0. The normalized spacial score (nSPS) is 52.3. The third kappa shape index (κ3) is 2.84. The monoisotopic (exact) mass is 344 g/mol. The highest BCUT2D eigenvalue weighted by Crippen LogP contribution is 2.68. The third-order valence-corrected chi connectivity index (χ3v) is 10.5. The van der Waals surface area contributed by atoms with Crippen LogP contribution in [0, 0.1) is 46.3 Å². The Hall–Kier alpha value is 0. The molecule has 0 radical (unpaired) electrons. The van der Waals surface area contributed by atoms with Crippen LogP contribution < -0.4 is 0 Å². The predicted octanol–water partition coefficient (Wildman–Crippen LogP) is 7.86. The SMILES string of the molecule is CCCCC1CCC2C3CCC4C[C@@H](CC)CCC4(C)C3CCC12C. The molecule has 4 rings (SSSR count). The van der Waals surface area contributed by atoms with Crippen LogP contribution in [0.2, 0.25) is 0 Å². The minimum absolute atomic E-state index is 0.706. The molecule has 4 aliphatic carbocycles. The summed E-state index contributed by atoms with van der Waals surface area (Å²) in [7, 11) is 0. The molecule has 144 valence electrons. The lowest BCUT2D eigenvalue weighted by Crippen LogP contribution is -2.53. The Labute approximate surface area is 157 Å².